The number of benzene rings is 2. The highest BCUT2D eigenvalue weighted by molar-refractivity contribution is 5.70. The predicted molar refractivity (Wildman–Crippen MR) is 106 cm³/mol. The smallest absolute Gasteiger partial charge is 0.131 e. The Morgan fingerprint density at radius 2 is 1.79 bits per heavy atom. The van der Waals surface area contributed by atoms with Gasteiger partial charge in [-0.25, -0.2) is 8.78 Å². The Labute approximate surface area is 163 Å². The fourth-order valence-electron chi connectivity index (χ4n) is 4.27. The van der Waals surface area contributed by atoms with Crippen molar-refractivity contribution in [2.45, 2.75) is 26.1 Å². The van der Waals surface area contributed by atoms with Gasteiger partial charge in [-0.15, -0.1) is 0 Å². The summed E-state index contributed by atoms with van der Waals surface area (Å²) < 4.78 is 29.6. The molecular formula is C23H21F2N3. The number of likely N-dealkylation sites (N-methyl/N-ethyl adjacent to an activating group) is 1. The molecule has 0 unspecified atom stereocenters. The van der Waals surface area contributed by atoms with Gasteiger partial charge in [0.25, 0.3) is 0 Å². The predicted octanol–water partition coefficient (Wildman–Crippen LogP) is 4.53. The van der Waals surface area contributed by atoms with E-state index >= 15 is 0 Å². The van der Waals surface area contributed by atoms with Gasteiger partial charge >= 0.3 is 0 Å². The van der Waals surface area contributed by atoms with Crippen molar-refractivity contribution in [1.82, 2.24) is 9.88 Å². The molecule has 3 nitrogen and oxygen atoms in total. The van der Waals surface area contributed by atoms with E-state index in [0.29, 0.717) is 18.7 Å². The Hall–Kier alpha value is -2.79. The van der Waals surface area contributed by atoms with Crippen LogP contribution in [0.1, 0.15) is 22.4 Å². The molecule has 2 aliphatic rings. The quantitative estimate of drug-likeness (QED) is 0.668. The molecule has 2 aromatic carbocycles. The molecule has 142 valence electrons. The van der Waals surface area contributed by atoms with Crippen LogP contribution in [0.2, 0.25) is 0 Å². The van der Waals surface area contributed by atoms with E-state index < -0.39 is 11.6 Å². The van der Waals surface area contributed by atoms with Crippen LogP contribution in [0.3, 0.4) is 0 Å². The number of aromatic nitrogens is 1. The van der Waals surface area contributed by atoms with Crippen LogP contribution in [0, 0.1) is 11.6 Å². The Morgan fingerprint density at radius 3 is 2.57 bits per heavy atom. The molecule has 2 aliphatic heterocycles. The van der Waals surface area contributed by atoms with Gasteiger partial charge in [0.05, 0.1) is 5.69 Å². The average Bonchev–Trinajstić information content (AvgIpc) is 3.27. The van der Waals surface area contributed by atoms with E-state index in [1.807, 2.05) is 29.2 Å². The van der Waals surface area contributed by atoms with Crippen LogP contribution < -0.4 is 4.90 Å². The van der Waals surface area contributed by atoms with Gasteiger partial charge in [0.1, 0.15) is 11.6 Å². The van der Waals surface area contributed by atoms with Crippen molar-refractivity contribution in [2.24, 2.45) is 0 Å². The van der Waals surface area contributed by atoms with Gasteiger partial charge in [0.15, 0.2) is 0 Å². The number of nitrogens with zero attached hydrogens (tertiary/aromatic N) is 3. The standard InChI is InChI=1S/C23H21F2N3/c1-27-8-6-16-9-15(4-5-23(16)27)18-10-20(24)19(21(25)11-18)13-28-12-17-3-2-7-26-22(17)14-28/h2-5,7,9-11H,6,8,12-14H2,1H3. The van der Waals surface area contributed by atoms with Crippen molar-refractivity contribution in [1.29, 1.82) is 0 Å². The van der Waals surface area contributed by atoms with Gasteiger partial charge in [-0.2, -0.15) is 0 Å². The Balaban J connectivity index is 1.41. The fourth-order valence-corrected chi connectivity index (χ4v) is 4.27. The highest BCUT2D eigenvalue weighted by atomic mass is 19.1. The third-order valence-corrected chi connectivity index (χ3v) is 5.82. The summed E-state index contributed by atoms with van der Waals surface area (Å²) in [6.45, 7) is 2.51. The SMILES string of the molecule is CN1CCc2cc(-c3cc(F)c(CN4Cc5cccnc5C4)c(F)c3)ccc21. The normalized spacial score (nSPS) is 15.8. The molecular weight excluding hydrogens is 356 g/mol. The molecule has 3 heterocycles. The van der Waals surface area contributed by atoms with Crippen LogP contribution in [0.25, 0.3) is 11.1 Å². The van der Waals surface area contributed by atoms with E-state index in [9.17, 15) is 8.78 Å². The molecule has 0 N–H and O–H groups in total. The third kappa shape index (κ3) is 2.96. The first kappa shape index (κ1) is 17.3. The second-order valence-corrected chi connectivity index (χ2v) is 7.69. The molecule has 0 saturated carbocycles. The average molecular weight is 377 g/mol. The second kappa shape index (κ2) is 6.67. The maximum Gasteiger partial charge on any atom is 0.131 e. The number of anilines is 1. The van der Waals surface area contributed by atoms with Gasteiger partial charge in [-0.3, -0.25) is 9.88 Å². The van der Waals surface area contributed by atoms with E-state index in [-0.39, 0.29) is 12.1 Å². The molecule has 0 atom stereocenters. The van der Waals surface area contributed by atoms with E-state index in [1.165, 1.54) is 23.4 Å². The minimum absolute atomic E-state index is 0.123. The summed E-state index contributed by atoms with van der Waals surface area (Å²) in [6.07, 6.45) is 2.72. The van der Waals surface area contributed by atoms with Gasteiger partial charge < -0.3 is 4.90 Å². The summed E-state index contributed by atoms with van der Waals surface area (Å²) in [5, 5.41) is 0. The first-order valence-electron chi connectivity index (χ1n) is 9.56. The Morgan fingerprint density at radius 1 is 0.964 bits per heavy atom. The first-order valence-corrected chi connectivity index (χ1v) is 9.56. The molecule has 0 spiro atoms. The maximum absolute atomic E-state index is 14.8. The number of hydrogen-bond acceptors (Lipinski definition) is 3. The zero-order chi connectivity index (χ0) is 19.3. The lowest BCUT2D eigenvalue weighted by Crippen LogP contribution is -2.18. The second-order valence-electron chi connectivity index (χ2n) is 7.69. The zero-order valence-electron chi connectivity index (χ0n) is 15.8. The highest BCUT2D eigenvalue weighted by Gasteiger charge is 2.23. The van der Waals surface area contributed by atoms with Crippen LogP contribution in [-0.2, 0) is 26.1 Å². The van der Waals surface area contributed by atoms with Crippen LogP contribution in [0.15, 0.2) is 48.7 Å². The first-order chi connectivity index (χ1) is 13.6. The molecule has 5 heteroatoms. The Kier molecular flexibility index (Phi) is 4.13. The summed E-state index contributed by atoms with van der Waals surface area (Å²) >= 11 is 0. The van der Waals surface area contributed by atoms with Crippen molar-refractivity contribution in [3.05, 3.63) is 82.7 Å². The summed E-state index contributed by atoms with van der Waals surface area (Å²) in [6, 6.07) is 12.9. The van der Waals surface area contributed by atoms with Crippen LogP contribution in [-0.4, -0.2) is 23.5 Å². The molecule has 28 heavy (non-hydrogen) atoms. The molecule has 1 aromatic heterocycles. The highest BCUT2D eigenvalue weighted by Crippen LogP contribution is 2.33. The lowest BCUT2D eigenvalue weighted by Gasteiger charge is -2.17. The minimum atomic E-state index is -0.489. The zero-order valence-corrected chi connectivity index (χ0v) is 15.8. The van der Waals surface area contributed by atoms with Gasteiger partial charge in [0.2, 0.25) is 0 Å². The molecule has 0 amide bonds. The number of rotatable bonds is 3. The molecule has 3 aromatic rings. The van der Waals surface area contributed by atoms with Gasteiger partial charge in [-0.05, 0) is 59.0 Å². The fraction of sp³-hybridized carbons (Fsp3) is 0.261. The van der Waals surface area contributed by atoms with E-state index in [1.54, 1.807) is 6.20 Å². The molecule has 0 aliphatic carbocycles. The number of hydrogen-bond donors (Lipinski definition) is 0. The lowest BCUT2D eigenvalue weighted by molar-refractivity contribution is 0.265. The molecule has 0 saturated heterocycles. The van der Waals surface area contributed by atoms with Crippen molar-refractivity contribution in [2.75, 3.05) is 18.5 Å². The van der Waals surface area contributed by atoms with Gasteiger partial charge in [0, 0.05) is 50.7 Å². The number of halogens is 2. The van der Waals surface area contributed by atoms with E-state index in [0.717, 1.165) is 29.8 Å². The topological polar surface area (TPSA) is 19.4 Å². The summed E-state index contributed by atoms with van der Waals surface area (Å²) in [4.78, 5) is 8.57. The molecule has 0 radical (unpaired) electrons. The lowest BCUT2D eigenvalue weighted by atomic mass is 9.99. The minimum Gasteiger partial charge on any atom is -0.374 e. The van der Waals surface area contributed by atoms with Crippen LogP contribution in [0.4, 0.5) is 14.5 Å². The number of fused-ring (bicyclic) bond motifs is 2. The molecule has 5 rings (SSSR count). The van der Waals surface area contributed by atoms with Crippen molar-refractivity contribution < 1.29 is 8.78 Å². The van der Waals surface area contributed by atoms with Crippen LogP contribution >= 0.6 is 0 Å². The van der Waals surface area contributed by atoms with Crippen molar-refractivity contribution in [3.63, 3.8) is 0 Å². The van der Waals surface area contributed by atoms with Gasteiger partial charge in [-0.1, -0.05) is 12.1 Å². The van der Waals surface area contributed by atoms with Crippen molar-refractivity contribution in [3.8, 4) is 11.1 Å². The van der Waals surface area contributed by atoms with Crippen LogP contribution in [0.5, 0.6) is 0 Å². The molecule has 0 bridgehead atoms. The van der Waals surface area contributed by atoms with Crippen molar-refractivity contribution >= 4 is 5.69 Å². The Bertz CT molecular complexity index is 1020. The monoisotopic (exact) mass is 377 g/mol. The summed E-state index contributed by atoms with van der Waals surface area (Å²) in [5.41, 5.74) is 6.11. The maximum atomic E-state index is 14.8. The van der Waals surface area contributed by atoms with E-state index in [4.69, 9.17) is 0 Å². The van der Waals surface area contributed by atoms with E-state index in [2.05, 4.69) is 23.0 Å². The number of pyridine rings is 1. The summed E-state index contributed by atoms with van der Waals surface area (Å²) in [5.74, 6) is -0.979. The third-order valence-electron chi connectivity index (χ3n) is 5.82. The largest absolute Gasteiger partial charge is 0.374 e. The summed E-state index contributed by atoms with van der Waals surface area (Å²) in [7, 11) is 2.06. The molecule has 0 fully saturated rings.